The van der Waals surface area contributed by atoms with Crippen molar-refractivity contribution in [2.24, 2.45) is 5.73 Å². The Labute approximate surface area is 106 Å². The van der Waals surface area contributed by atoms with Gasteiger partial charge < -0.3 is 10.5 Å². The first kappa shape index (κ1) is 13.3. The average Bonchev–Trinajstić information content (AvgIpc) is 2.42. The zero-order valence-corrected chi connectivity index (χ0v) is 10.6. The van der Waals surface area contributed by atoms with Crippen LogP contribution >= 0.6 is 0 Å². The Morgan fingerprint density at radius 1 is 1.22 bits per heavy atom. The zero-order chi connectivity index (χ0) is 13.2. The van der Waals surface area contributed by atoms with Gasteiger partial charge in [-0.15, -0.1) is 0 Å². The molecule has 18 heavy (non-hydrogen) atoms. The third-order valence-corrected chi connectivity index (χ3v) is 4.03. The van der Waals surface area contributed by atoms with Crippen molar-refractivity contribution in [2.45, 2.75) is 37.5 Å². The number of rotatable bonds is 3. The number of ether oxygens (including phenoxy) is 1. The molecular formula is C14H19F2NO. The van der Waals surface area contributed by atoms with Gasteiger partial charge in [-0.2, -0.15) is 4.39 Å². The average molecular weight is 255 g/mol. The molecule has 1 aliphatic rings. The highest BCUT2D eigenvalue weighted by Crippen LogP contribution is 2.43. The topological polar surface area (TPSA) is 35.2 Å². The molecule has 2 rings (SSSR count). The number of nitrogens with two attached hydrogens (primary N) is 1. The number of hydrogen-bond donors (Lipinski definition) is 1. The molecule has 1 aromatic carbocycles. The molecule has 0 unspecified atom stereocenters. The van der Waals surface area contributed by atoms with Gasteiger partial charge in [0, 0.05) is 17.5 Å². The third-order valence-electron chi connectivity index (χ3n) is 4.03. The molecule has 0 aliphatic heterocycles. The lowest BCUT2D eigenvalue weighted by molar-refractivity contribution is 0.280. The van der Waals surface area contributed by atoms with E-state index in [2.05, 4.69) is 0 Å². The van der Waals surface area contributed by atoms with Gasteiger partial charge in [0.2, 0.25) is 5.82 Å². The Bertz CT molecular complexity index is 428. The molecule has 0 bridgehead atoms. The third kappa shape index (κ3) is 2.09. The predicted octanol–water partition coefficient (Wildman–Crippen LogP) is 3.13. The van der Waals surface area contributed by atoms with Crippen LogP contribution in [0.5, 0.6) is 5.75 Å². The monoisotopic (exact) mass is 255 g/mol. The summed E-state index contributed by atoms with van der Waals surface area (Å²) in [7, 11) is 1.37. The second kappa shape index (κ2) is 5.22. The summed E-state index contributed by atoms with van der Waals surface area (Å²) in [5.74, 6) is -1.77. The molecule has 0 spiro atoms. The van der Waals surface area contributed by atoms with E-state index in [9.17, 15) is 8.78 Å². The van der Waals surface area contributed by atoms with E-state index in [1.165, 1.54) is 19.6 Å². The first-order chi connectivity index (χ1) is 8.64. The van der Waals surface area contributed by atoms with Crippen LogP contribution in [0, 0.1) is 11.6 Å². The number of hydrogen-bond acceptors (Lipinski definition) is 2. The lowest BCUT2D eigenvalue weighted by Gasteiger charge is -2.37. The van der Waals surface area contributed by atoms with Crippen LogP contribution in [0.4, 0.5) is 8.78 Å². The molecule has 1 aliphatic carbocycles. The summed E-state index contributed by atoms with van der Waals surface area (Å²) in [6.45, 7) is 0.439. The Hall–Kier alpha value is -1.16. The summed E-state index contributed by atoms with van der Waals surface area (Å²) >= 11 is 0. The van der Waals surface area contributed by atoms with Gasteiger partial charge in [-0.3, -0.25) is 0 Å². The molecule has 0 heterocycles. The summed E-state index contributed by atoms with van der Waals surface area (Å²) in [6, 6.07) is 2.79. The molecule has 4 heteroatoms. The van der Waals surface area contributed by atoms with Crippen LogP contribution in [0.1, 0.15) is 37.7 Å². The van der Waals surface area contributed by atoms with Crippen LogP contribution in [0.15, 0.2) is 12.1 Å². The maximum atomic E-state index is 13.8. The molecule has 2 nitrogen and oxygen atoms in total. The van der Waals surface area contributed by atoms with Crippen LogP contribution < -0.4 is 10.5 Å². The standard InChI is InChI=1S/C14H19F2NO/c1-18-13-10(5-6-11(15)12(13)16)14(9-17)7-3-2-4-8-14/h5-6H,2-4,7-9,17H2,1H3. The molecule has 100 valence electrons. The van der Waals surface area contributed by atoms with E-state index in [-0.39, 0.29) is 11.2 Å². The fourth-order valence-corrected chi connectivity index (χ4v) is 2.96. The summed E-state index contributed by atoms with van der Waals surface area (Å²) < 4.78 is 32.1. The fourth-order valence-electron chi connectivity index (χ4n) is 2.96. The van der Waals surface area contributed by atoms with Gasteiger partial charge in [-0.1, -0.05) is 25.3 Å². The molecule has 1 fully saturated rings. The molecule has 0 radical (unpaired) electrons. The Morgan fingerprint density at radius 2 is 1.89 bits per heavy atom. The van der Waals surface area contributed by atoms with Crippen molar-refractivity contribution < 1.29 is 13.5 Å². The van der Waals surface area contributed by atoms with Crippen LogP contribution in [-0.4, -0.2) is 13.7 Å². The highest BCUT2D eigenvalue weighted by molar-refractivity contribution is 5.42. The molecule has 2 N–H and O–H groups in total. The number of benzene rings is 1. The van der Waals surface area contributed by atoms with Crippen LogP contribution in [-0.2, 0) is 5.41 Å². The van der Waals surface area contributed by atoms with Gasteiger partial charge in [0.25, 0.3) is 0 Å². The highest BCUT2D eigenvalue weighted by Gasteiger charge is 2.36. The Morgan fingerprint density at radius 3 is 2.44 bits per heavy atom. The van der Waals surface area contributed by atoms with Crippen LogP contribution in [0.2, 0.25) is 0 Å². The van der Waals surface area contributed by atoms with Gasteiger partial charge in [-0.05, 0) is 18.9 Å². The fraction of sp³-hybridized carbons (Fsp3) is 0.571. The lowest BCUT2D eigenvalue weighted by atomic mass is 9.69. The smallest absolute Gasteiger partial charge is 0.200 e. The van der Waals surface area contributed by atoms with E-state index >= 15 is 0 Å². The molecule has 0 aromatic heterocycles. The van der Waals surface area contributed by atoms with Crippen molar-refractivity contribution in [2.75, 3.05) is 13.7 Å². The van der Waals surface area contributed by atoms with E-state index in [0.29, 0.717) is 12.1 Å². The summed E-state index contributed by atoms with van der Waals surface area (Å²) in [5, 5.41) is 0. The second-order valence-electron chi connectivity index (χ2n) is 4.99. The summed E-state index contributed by atoms with van der Waals surface area (Å²) in [5.41, 5.74) is 6.36. The van der Waals surface area contributed by atoms with Crippen molar-refractivity contribution in [1.29, 1.82) is 0 Å². The SMILES string of the molecule is COc1c(C2(CN)CCCCC2)ccc(F)c1F. The van der Waals surface area contributed by atoms with Gasteiger partial charge in [0.05, 0.1) is 7.11 Å². The van der Waals surface area contributed by atoms with Gasteiger partial charge in [-0.25, -0.2) is 4.39 Å². The van der Waals surface area contributed by atoms with Crippen LogP contribution in [0.25, 0.3) is 0 Å². The maximum absolute atomic E-state index is 13.8. The molecule has 1 aromatic rings. The maximum Gasteiger partial charge on any atom is 0.200 e. The van der Waals surface area contributed by atoms with Gasteiger partial charge >= 0.3 is 0 Å². The summed E-state index contributed by atoms with van der Waals surface area (Å²) in [4.78, 5) is 0. The first-order valence-electron chi connectivity index (χ1n) is 6.37. The molecular weight excluding hydrogens is 236 g/mol. The van der Waals surface area contributed by atoms with Crippen molar-refractivity contribution in [3.05, 3.63) is 29.3 Å². The summed E-state index contributed by atoms with van der Waals surface area (Å²) in [6.07, 6.45) is 5.13. The van der Waals surface area contributed by atoms with Crippen molar-refractivity contribution >= 4 is 0 Å². The minimum atomic E-state index is -0.909. The van der Waals surface area contributed by atoms with E-state index in [1.54, 1.807) is 6.07 Å². The van der Waals surface area contributed by atoms with E-state index in [4.69, 9.17) is 10.5 Å². The van der Waals surface area contributed by atoms with Crippen LogP contribution in [0.3, 0.4) is 0 Å². The quantitative estimate of drug-likeness (QED) is 0.900. The molecule has 0 saturated heterocycles. The largest absolute Gasteiger partial charge is 0.493 e. The molecule has 0 atom stereocenters. The Kier molecular flexibility index (Phi) is 3.85. The second-order valence-corrected chi connectivity index (χ2v) is 4.99. The van der Waals surface area contributed by atoms with Gasteiger partial charge in [0.15, 0.2) is 11.6 Å². The van der Waals surface area contributed by atoms with E-state index < -0.39 is 11.6 Å². The van der Waals surface area contributed by atoms with Gasteiger partial charge in [0.1, 0.15) is 0 Å². The number of methoxy groups -OCH3 is 1. The molecule has 0 amide bonds. The predicted molar refractivity (Wildman–Crippen MR) is 66.7 cm³/mol. The normalized spacial score (nSPS) is 18.7. The Balaban J connectivity index is 2.51. The van der Waals surface area contributed by atoms with Crippen molar-refractivity contribution in [3.63, 3.8) is 0 Å². The highest BCUT2D eigenvalue weighted by atomic mass is 19.2. The van der Waals surface area contributed by atoms with Crippen molar-refractivity contribution in [3.8, 4) is 5.75 Å². The van der Waals surface area contributed by atoms with E-state index in [1.807, 2.05) is 0 Å². The zero-order valence-electron chi connectivity index (χ0n) is 10.6. The minimum Gasteiger partial charge on any atom is -0.493 e. The van der Waals surface area contributed by atoms with Crippen molar-refractivity contribution in [1.82, 2.24) is 0 Å². The lowest BCUT2D eigenvalue weighted by Crippen LogP contribution is -2.37. The van der Waals surface area contributed by atoms with E-state index in [0.717, 1.165) is 25.7 Å². The molecule has 1 saturated carbocycles. The minimum absolute atomic E-state index is 0.0161. The number of halogens is 2. The first-order valence-corrected chi connectivity index (χ1v) is 6.37.